The maximum Gasteiger partial charge on any atom is 0.114 e. The van der Waals surface area contributed by atoms with E-state index in [1.54, 1.807) is 0 Å². The number of aromatic nitrogens is 2. The summed E-state index contributed by atoms with van der Waals surface area (Å²) in [5.74, 6) is 1.07. The fourth-order valence-electron chi connectivity index (χ4n) is 8.98. The molecular formula is C53H36N2. The van der Waals surface area contributed by atoms with Crippen LogP contribution >= 0.6 is 0 Å². The van der Waals surface area contributed by atoms with E-state index in [1.165, 1.54) is 87.2 Å². The van der Waals surface area contributed by atoms with Gasteiger partial charge in [-0.05, 0) is 124 Å². The monoisotopic (exact) mass is 700 g/mol. The molecule has 0 amide bonds. The standard InChI is InChI=1S/C53H36N2/c1-2-50-54-48-18-10-11-19-49(48)55(50)41-28-24-37(25-29-41)52-44-16-8-9-17-45(44)53(46-31-26-38(33-47(46)52)34-12-4-3-5-13-34)40-27-30-43-39(32-40)23-22-36-21-20-35-14-6-7-15-42(35)51(36)43/h3-33H,2H2,1H3. The number of fused-ring (bicyclic) bond motifs is 8. The molecule has 0 saturated carbocycles. The summed E-state index contributed by atoms with van der Waals surface area (Å²) >= 11 is 0. The Labute approximate surface area is 319 Å². The van der Waals surface area contributed by atoms with Gasteiger partial charge in [0.25, 0.3) is 0 Å². The number of benzene rings is 10. The summed E-state index contributed by atoms with van der Waals surface area (Å²) in [7, 11) is 0. The summed E-state index contributed by atoms with van der Waals surface area (Å²) < 4.78 is 2.30. The van der Waals surface area contributed by atoms with E-state index in [0.717, 1.165) is 29.0 Å². The van der Waals surface area contributed by atoms with Gasteiger partial charge in [0.1, 0.15) is 5.82 Å². The Hall–Kier alpha value is -7.03. The van der Waals surface area contributed by atoms with Gasteiger partial charge in [-0.25, -0.2) is 4.98 Å². The van der Waals surface area contributed by atoms with Crippen LogP contribution in [-0.2, 0) is 6.42 Å². The van der Waals surface area contributed by atoms with Crippen LogP contribution in [0, 0.1) is 0 Å². The van der Waals surface area contributed by atoms with E-state index in [0.29, 0.717) is 0 Å². The molecule has 1 heterocycles. The first-order chi connectivity index (χ1) is 27.2. The number of hydrogen-bond donors (Lipinski definition) is 0. The van der Waals surface area contributed by atoms with Crippen molar-refractivity contribution in [3.8, 4) is 39.1 Å². The average Bonchev–Trinajstić information content (AvgIpc) is 3.64. The summed E-state index contributed by atoms with van der Waals surface area (Å²) in [6.45, 7) is 2.18. The largest absolute Gasteiger partial charge is 0.296 e. The van der Waals surface area contributed by atoms with E-state index in [1.807, 2.05) is 0 Å². The molecule has 11 rings (SSSR count). The molecule has 0 atom stereocenters. The second-order valence-electron chi connectivity index (χ2n) is 14.6. The van der Waals surface area contributed by atoms with Crippen LogP contribution in [0.15, 0.2) is 188 Å². The van der Waals surface area contributed by atoms with Crippen molar-refractivity contribution >= 4 is 64.9 Å². The predicted octanol–water partition coefficient (Wildman–Crippen LogP) is 14.4. The Kier molecular flexibility index (Phi) is 7.18. The lowest BCUT2D eigenvalue weighted by Crippen LogP contribution is -2.00. The van der Waals surface area contributed by atoms with Gasteiger partial charge in [-0.15, -0.1) is 0 Å². The first kappa shape index (κ1) is 31.5. The van der Waals surface area contributed by atoms with Crippen molar-refractivity contribution in [1.82, 2.24) is 9.55 Å². The maximum atomic E-state index is 4.96. The molecule has 0 unspecified atom stereocenters. The van der Waals surface area contributed by atoms with Crippen molar-refractivity contribution in [3.05, 3.63) is 194 Å². The fourth-order valence-corrected chi connectivity index (χ4v) is 8.98. The van der Waals surface area contributed by atoms with E-state index < -0.39 is 0 Å². The van der Waals surface area contributed by atoms with Gasteiger partial charge < -0.3 is 0 Å². The second kappa shape index (κ2) is 12.5. The van der Waals surface area contributed by atoms with Crippen LogP contribution in [0.4, 0.5) is 0 Å². The Bertz CT molecular complexity index is 3280. The molecule has 2 nitrogen and oxygen atoms in total. The van der Waals surface area contributed by atoms with Crippen molar-refractivity contribution in [2.75, 3.05) is 0 Å². The molecule has 0 spiro atoms. The summed E-state index contributed by atoms with van der Waals surface area (Å²) in [6, 6.07) is 69.1. The molecule has 0 bridgehead atoms. The van der Waals surface area contributed by atoms with Gasteiger partial charge in [-0.2, -0.15) is 0 Å². The molecule has 0 aliphatic rings. The van der Waals surface area contributed by atoms with Gasteiger partial charge in [0.05, 0.1) is 11.0 Å². The zero-order valence-electron chi connectivity index (χ0n) is 30.5. The van der Waals surface area contributed by atoms with Crippen molar-refractivity contribution in [1.29, 1.82) is 0 Å². The van der Waals surface area contributed by atoms with E-state index in [-0.39, 0.29) is 0 Å². The lowest BCUT2D eigenvalue weighted by molar-refractivity contribution is 0.908. The lowest BCUT2D eigenvalue weighted by atomic mass is 9.84. The highest BCUT2D eigenvalue weighted by atomic mass is 15.1. The van der Waals surface area contributed by atoms with Gasteiger partial charge in [-0.1, -0.05) is 159 Å². The van der Waals surface area contributed by atoms with Crippen LogP contribution in [0.5, 0.6) is 0 Å². The highest BCUT2D eigenvalue weighted by Gasteiger charge is 2.19. The van der Waals surface area contributed by atoms with Gasteiger partial charge in [0, 0.05) is 12.1 Å². The van der Waals surface area contributed by atoms with Crippen LogP contribution in [0.3, 0.4) is 0 Å². The van der Waals surface area contributed by atoms with Crippen LogP contribution in [0.2, 0.25) is 0 Å². The second-order valence-corrected chi connectivity index (χ2v) is 14.6. The smallest absolute Gasteiger partial charge is 0.114 e. The van der Waals surface area contributed by atoms with Crippen molar-refractivity contribution in [2.45, 2.75) is 13.3 Å². The molecule has 10 aromatic carbocycles. The Morgan fingerprint density at radius 1 is 0.400 bits per heavy atom. The summed E-state index contributed by atoms with van der Waals surface area (Å²) in [5, 5.41) is 12.7. The summed E-state index contributed by atoms with van der Waals surface area (Å²) in [6.07, 6.45) is 0.858. The highest BCUT2D eigenvalue weighted by Crippen LogP contribution is 2.46. The van der Waals surface area contributed by atoms with E-state index in [2.05, 4.69) is 200 Å². The molecule has 1 aromatic heterocycles. The van der Waals surface area contributed by atoms with Crippen molar-refractivity contribution < 1.29 is 0 Å². The lowest BCUT2D eigenvalue weighted by Gasteiger charge is -2.19. The SMILES string of the molecule is CCc1nc2ccccc2n1-c1ccc(-c2c3ccccc3c(-c3ccc4c(ccc5ccc6ccccc6c54)c3)c3ccc(-c4ccccc4)cc23)cc1. The van der Waals surface area contributed by atoms with Crippen LogP contribution in [0.25, 0.3) is 104 Å². The molecule has 0 aliphatic heterocycles. The van der Waals surface area contributed by atoms with Crippen LogP contribution in [-0.4, -0.2) is 9.55 Å². The van der Waals surface area contributed by atoms with E-state index >= 15 is 0 Å². The molecular weight excluding hydrogens is 665 g/mol. The molecule has 0 aliphatic carbocycles. The van der Waals surface area contributed by atoms with Crippen LogP contribution < -0.4 is 0 Å². The quantitative estimate of drug-likeness (QED) is 0.129. The average molecular weight is 701 g/mol. The highest BCUT2D eigenvalue weighted by molar-refractivity contribution is 6.24. The minimum Gasteiger partial charge on any atom is -0.296 e. The Morgan fingerprint density at radius 3 is 1.78 bits per heavy atom. The zero-order valence-corrected chi connectivity index (χ0v) is 30.5. The molecule has 2 heteroatoms. The number of imidazole rings is 1. The predicted molar refractivity (Wildman–Crippen MR) is 234 cm³/mol. The third-order valence-corrected chi connectivity index (χ3v) is 11.5. The molecule has 11 aromatic rings. The van der Waals surface area contributed by atoms with E-state index in [4.69, 9.17) is 4.98 Å². The van der Waals surface area contributed by atoms with Crippen LogP contribution in [0.1, 0.15) is 12.7 Å². The number of rotatable bonds is 5. The number of hydrogen-bond acceptors (Lipinski definition) is 1. The third-order valence-electron chi connectivity index (χ3n) is 11.5. The van der Waals surface area contributed by atoms with Crippen molar-refractivity contribution in [2.24, 2.45) is 0 Å². The third kappa shape index (κ3) is 4.99. The topological polar surface area (TPSA) is 17.8 Å². The number of nitrogens with zero attached hydrogens (tertiary/aromatic N) is 2. The molecule has 0 fully saturated rings. The first-order valence-electron chi connectivity index (χ1n) is 19.2. The van der Waals surface area contributed by atoms with E-state index in [9.17, 15) is 0 Å². The molecule has 258 valence electrons. The number of aryl methyl sites for hydroxylation is 1. The molecule has 55 heavy (non-hydrogen) atoms. The Morgan fingerprint density at radius 2 is 0.982 bits per heavy atom. The molecule has 0 N–H and O–H groups in total. The Balaban J connectivity index is 1.16. The van der Waals surface area contributed by atoms with Gasteiger partial charge in [0.15, 0.2) is 0 Å². The fraction of sp³-hybridized carbons (Fsp3) is 0.0377. The van der Waals surface area contributed by atoms with Gasteiger partial charge >= 0.3 is 0 Å². The minimum atomic E-state index is 0.858. The van der Waals surface area contributed by atoms with Gasteiger partial charge in [0.2, 0.25) is 0 Å². The maximum absolute atomic E-state index is 4.96. The molecule has 0 radical (unpaired) electrons. The minimum absolute atomic E-state index is 0.858. The number of para-hydroxylation sites is 2. The van der Waals surface area contributed by atoms with Gasteiger partial charge in [-0.3, -0.25) is 4.57 Å². The summed E-state index contributed by atoms with van der Waals surface area (Å²) in [5.41, 5.74) is 10.6. The first-order valence-corrected chi connectivity index (χ1v) is 19.2. The zero-order chi connectivity index (χ0) is 36.5. The normalized spacial score (nSPS) is 11.8. The summed E-state index contributed by atoms with van der Waals surface area (Å²) in [4.78, 5) is 4.96. The molecule has 0 saturated heterocycles. The van der Waals surface area contributed by atoms with Crippen molar-refractivity contribution in [3.63, 3.8) is 0 Å².